The summed E-state index contributed by atoms with van der Waals surface area (Å²) in [5.41, 5.74) is 4.81. The van der Waals surface area contributed by atoms with Crippen molar-refractivity contribution in [3.05, 3.63) is 115 Å². The lowest BCUT2D eigenvalue weighted by molar-refractivity contribution is -0.131. The zero-order valence-corrected chi connectivity index (χ0v) is 18.6. The maximum atomic E-state index is 10.8. The number of hydrogen-bond donors (Lipinski definition) is 2. The van der Waals surface area contributed by atoms with Gasteiger partial charge in [0.2, 0.25) is 0 Å². The number of aliphatic carboxylic acids is 1. The van der Waals surface area contributed by atoms with Gasteiger partial charge < -0.3 is 14.9 Å². The van der Waals surface area contributed by atoms with Crippen molar-refractivity contribution in [3.63, 3.8) is 0 Å². The molecule has 5 rings (SSSR count). The minimum Gasteiger partial charge on any atom is -0.508 e. The first-order chi connectivity index (χ1) is 17.1. The van der Waals surface area contributed by atoms with E-state index < -0.39 is 5.97 Å². The fraction of sp³-hybridized carbons (Fsp3) is 0. The number of aromatic nitrogens is 1. The highest BCUT2D eigenvalue weighted by Crippen LogP contribution is 2.45. The number of benzene rings is 4. The fourth-order valence-corrected chi connectivity index (χ4v) is 3.94. The van der Waals surface area contributed by atoms with Gasteiger partial charge in [-0.2, -0.15) is 0 Å². The number of aromatic hydroxyl groups is 1. The highest BCUT2D eigenvalue weighted by molar-refractivity contribution is 5.99. The Labute approximate surface area is 202 Å². The second-order valence-corrected chi connectivity index (χ2v) is 7.94. The molecule has 2 N–H and O–H groups in total. The van der Waals surface area contributed by atoms with Crippen molar-refractivity contribution >= 4 is 22.9 Å². The standard InChI is InChI=1S/C30H21NO4/c32-23-14-17-25-26(19-23)31-29(22-9-5-2-6-10-22)28(21-7-3-1-4-8-21)30(25)35-24-15-11-20(12-16-24)13-18-27(33)34/h1-19,32H,(H,33,34). The van der Waals surface area contributed by atoms with Crippen LogP contribution in [0.2, 0.25) is 0 Å². The van der Waals surface area contributed by atoms with E-state index >= 15 is 0 Å². The maximum Gasteiger partial charge on any atom is 0.328 e. The van der Waals surface area contributed by atoms with Crippen molar-refractivity contribution in [2.75, 3.05) is 0 Å². The predicted octanol–water partition coefficient (Wildman–Crippen LogP) is 7.16. The van der Waals surface area contributed by atoms with E-state index in [1.165, 1.54) is 6.08 Å². The number of phenols is 1. The van der Waals surface area contributed by atoms with E-state index in [0.29, 0.717) is 17.0 Å². The lowest BCUT2D eigenvalue weighted by atomic mass is 9.96. The third-order valence-corrected chi connectivity index (χ3v) is 5.55. The molecule has 0 spiro atoms. The van der Waals surface area contributed by atoms with Crippen molar-refractivity contribution in [1.29, 1.82) is 0 Å². The van der Waals surface area contributed by atoms with E-state index in [9.17, 15) is 9.90 Å². The minimum absolute atomic E-state index is 0.122. The number of phenolic OH excluding ortho intramolecular Hbond substituents is 1. The number of carbonyl (C=O) groups is 1. The quantitative estimate of drug-likeness (QED) is 0.263. The average molecular weight is 460 g/mol. The van der Waals surface area contributed by atoms with Crippen LogP contribution in [0.1, 0.15) is 5.56 Å². The van der Waals surface area contributed by atoms with Crippen LogP contribution in [0, 0.1) is 0 Å². The monoisotopic (exact) mass is 459 g/mol. The smallest absolute Gasteiger partial charge is 0.328 e. The Morgan fingerprint density at radius 2 is 1.46 bits per heavy atom. The Bertz CT molecular complexity index is 1530. The Morgan fingerprint density at radius 3 is 2.11 bits per heavy atom. The number of pyridine rings is 1. The number of rotatable bonds is 6. The van der Waals surface area contributed by atoms with Gasteiger partial charge in [0.25, 0.3) is 0 Å². The molecule has 4 aromatic carbocycles. The summed E-state index contributed by atoms with van der Waals surface area (Å²) in [5.74, 6) is 0.331. The molecular formula is C30H21NO4. The average Bonchev–Trinajstić information content (AvgIpc) is 2.89. The maximum absolute atomic E-state index is 10.8. The lowest BCUT2D eigenvalue weighted by Crippen LogP contribution is -1.97. The van der Waals surface area contributed by atoms with Crippen LogP contribution in [0.3, 0.4) is 0 Å². The van der Waals surface area contributed by atoms with Gasteiger partial charge in [-0.3, -0.25) is 0 Å². The second-order valence-electron chi connectivity index (χ2n) is 7.94. The molecule has 0 aliphatic rings. The summed E-state index contributed by atoms with van der Waals surface area (Å²) in [7, 11) is 0. The number of ether oxygens (including phenoxy) is 1. The SMILES string of the molecule is O=C(O)C=Cc1ccc(Oc2c(-c3ccccc3)c(-c3ccccc3)nc3cc(O)ccc23)cc1. The van der Waals surface area contributed by atoms with Crippen molar-refractivity contribution in [3.8, 4) is 39.6 Å². The van der Waals surface area contributed by atoms with Crippen molar-refractivity contribution in [2.45, 2.75) is 0 Å². The molecule has 0 saturated heterocycles. The zero-order chi connectivity index (χ0) is 24.2. The zero-order valence-electron chi connectivity index (χ0n) is 18.6. The van der Waals surface area contributed by atoms with Crippen molar-refractivity contribution < 1.29 is 19.7 Å². The number of fused-ring (bicyclic) bond motifs is 1. The van der Waals surface area contributed by atoms with Gasteiger partial charge >= 0.3 is 5.97 Å². The van der Waals surface area contributed by atoms with Gasteiger partial charge in [-0.15, -0.1) is 0 Å². The van der Waals surface area contributed by atoms with Crippen LogP contribution in [-0.2, 0) is 4.79 Å². The van der Waals surface area contributed by atoms with Gasteiger partial charge in [-0.25, -0.2) is 9.78 Å². The number of nitrogens with zero attached hydrogens (tertiary/aromatic N) is 1. The molecule has 0 atom stereocenters. The van der Waals surface area contributed by atoms with Crippen LogP contribution in [-0.4, -0.2) is 21.2 Å². The van der Waals surface area contributed by atoms with E-state index in [1.807, 2.05) is 60.7 Å². The Morgan fingerprint density at radius 1 is 0.800 bits per heavy atom. The van der Waals surface area contributed by atoms with E-state index in [4.69, 9.17) is 14.8 Å². The van der Waals surface area contributed by atoms with E-state index in [2.05, 4.69) is 0 Å². The molecule has 0 aliphatic heterocycles. The highest BCUT2D eigenvalue weighted by Gasteiger charge is 2.20. The predicted molar refractivity (Wildman–Crippen MR) is 137 cm³/mol. The van der Waals surface area contributed by atoms with Crippen molar-refractivity contribution in [1.82, 2.24) is 4.98 Å². The molecule has 5 heteroatoms. The van der Waals surface area contributed by atoms with Crippen molar-refractivity contribution in [2.24, 2.45) is 0 Å². The highest BCUT2D eigenvalue weighted by atomic mass is 16.5. The molecule has 5 nitrogen and oxygen atoms in total. The lowest BCUT2D eigenvalue weighted by Gasteiger charge is -2.18. The Kier molecular flexibility index (Phi) is 5.97. The van der Waals surface area contributed by atoms with Gasteiger partial charge in [-0.05, 0) is 41.5 Å². The van der Waals surface area contributed by atoms with E-state index in [0.717, 1.165) is 39.4 Å². The summed E-state index contributed by atoms with van der Waals surface area (Å²) in [4.78, 5) is 15.8. The van der Waals surface area contributed by atoms with Crippen LogP contribution in [0.4, 0.5) is 0 Å². The van der Waals surface area contributed by atoms with E-state index in [-0.39, 0.29) is 5.75 Å². The number of carboxylic acids is 1. The first-order valence-corrected chi connectivity index (χ1v) is 11.0. The van der Waals surface area contributed by atoms with Gasteiger partial charge in [0, 0.05) is 23.1 Å². The molecule has 0 amide bonds. The van der Waals surface area contributed by atoms with Gasteiger partial charge in [0.05, 0.1) is 16.8 Å². The second kappa shape index (κ2) is 9.53. The van der Waals surface area contributed by atoms with Crippen LogP contribution >= 0.6 is 0 Å². The largest absolute Gasteiger partial charge is 0.508 e. The number of carboxylic acid groups (broad SMARTS) is 1. The third kappa shape index (κ3) is 4.75. The molecule has 1 heterocycles. The summed E-state index contributed by atoms with van der Waals surface area (Å²) in [6.07, 6.45) is 2.62. The summed E-state index contributed by atoms with van der Waals surface area (Å²) in [6, 6.07) is 32.0. The molecule has 1 aromatic heterocycles. The van der Waals surface area contributed by atoms with Crippen LogP contribution in [0.15, 0.2) is 109 Å². The fourth-order valence-electron chi connectivity index (χ4n) is 3.94. The van der Waals surface area contributed by atoms with E-state index in [1.54, 1.807) is 42.5 Å². The molecule has 0 bridgehead atoms. The number of hydrogen-bond acceptors (Lipinski definition) is 4. The summed E-state index contributed by atoms with van der Waals surface area (Å²) < 4.78 is 6.50. The minimum atomic E-state index is -1.00. The van der Waals surface area contributed by atoms with Gasteiger partial charge in [-0.1, -0.05) is 72.8 Å². The molecule has 0 aliphatic carbocycles. The first kappa shape index (κ1) is 21.9. The summed E-state index contributed by atoms with van der Waals surface area (Å²) in [5, 5.41) is 19.8. The summed E-state index contributed by atoms with van der Waals surface area (Å²) in [6.45, 7) is 0. The Balaban J connectivity index is 1.73. The topological polar surface area (TPSA) is 79.7 Å². The van der Waals surface area contributed by atoms with Crippen LogP contribution in [0.5, 0.6) is 17.2 Å². The molecule has 0 saturated carbocycles. The molecule has 0 radical (unpaired) electrons. The first-order valence-electron chi connectivity index (χ1n) is 11.0. The molecule has 0 fully saturated rings. The van der Waals surface area contributed by atoms with Gasteiger partial charge in [0.1, 0.15) is 17.2 Å². The summed E-state index contributed by atoms with van der Waals surface area (Å²) >= 11 is 0. The molecule has 5 aromatic rings. The van der Waals surface area contributed by atoms with Crippen LogP contribution in [0.25, 0.3) is 39.4 Å². The molecule has 0 unspecified atom stereocenters. The molecule has 170 valence electrons. The molecular weight excluding hydrogens is 438 g/mol. The molecule has 35 heavy (non-hydrogen) atoms. The van der Waals surface area contributed by atoms with Crippen LogP contribution < -0.4 is 4.74 Å². The third-order valence-electron chi connectivity index (χ3n) is 5.55. The van der Waals surface area contributed by atoms with Gasteiger partial charge in [0.15, 0.2) is 0 Å². The Hall–Kier alpha value is -4.90. The normalized spacial score (nSPS) is 11.1.